The lowest BCUT2D eigenvalue weighted by Crippen LogP contribution is -2.27. The minimum atomic E-state index is -0.557. The summed E-state index contributed by atoms with van der Waals surface area (Å²) in [5.41, 5.74) is -0.523. The maximum absolute atomic E-state index is 11.2. The molecule has 1 heterocycles. The molecule has 0 spiro atoms. The highest BCUT2D eigenvalue weighted by Crippen LogP contribution is 2.08. The first-order chi connectivity index (χ1) is 6.47. The third-order valence-corrected chi connectivity index (χ3v) is 1.13. The van der Waals surface area contributed by atoms with E-state index in [1.807, 2.05) is 0 Å². The third-order valence-electron chi connectivity index (χ3n) is 1.13. The SMILES string of the molecule is CC(C)(C)OC(=O)Nc1ccnnn1. The zero-order valence-electron chi connectivity index (χ0n) is 8.31. The van der Waals surface area contributed by atoms with Gasteiger partial charge in [-0.2, -0.15) is 0 Å². The van der Waals surface area contributed by atoms with E-state index >= 15 is 0 Å². The summed E-state index contributed by atoms with van der Waals surface area (Å²) >= 11 is 0. The molecule has 0 aromatic carbocycles. The van der Waals surface area contributed by atoms with Crippen molar-refractivity contribution >= 4 is 11.9 Å². The van der Waals surface area contributed by atoms with Crippen LogP contribution in [0.25, 0.3) is 0 Å². The van der Waals surface area contributed by atoms with Crippen molar-refractivity contribution in [2.45, 2.75) is 26.4 Å². The lowest BCUT2D eigenvalue weighted by atomic mass is 10.2. The van der Waals surface area contributed by atoms with E-state index in [0.29, 0.717) is 5.82 Å². The van der Waals surface area contributed by atoms with Gasteiger partial charge in [0.15, 0.2) is 5.82 Å². The molecule has 1 rings (SSSR count). The molecule has 0 aliphatic carbocycles. The van der Waals surface area contributed by atoms with Crippen LogP contribution in [0.3, 0.4) is 0 Å². The van der Waals surface area contributed by atoms with Crippen molar-refractivity contribution in [3.8, 4) is 0 Å². The van der Waals surface area contributed by atoms with E-state index in [1.165, 1.54) is 12.3 Å². The van der Waals surface area contributed by atoms with Gasteiger partial charge < -0.3 is 4.74 Å². The molecule has 14 heavy (non-hydrogen) atoms. The number of nitrogens with zero attached hydrogens (tertiary/aromatic N) is 3. The minimum Gasteiger partial charge on any atom is -0.444 e. The molecular formula is C8H12N4O2. The lowest BCUT2D eigenvalue weighted by Gasteiger charge is -2.19. The molecule has 6 heteroatoms. The molecule has 1 N–H and O–H groups in total. The second-order valence-electron chi connectivity index (χ2n) is 3.63. The monoisotopic (exact) mass is 196 g/mol. The summed E-state index contributed by atoms with van der Waals surface area (Å²) in [4.78, 5) is 11.2. The molecule has 76 valence electrons. The Morgan fingerprint density at radius 3 is 2.71 bits per heavy atom. The van der Waals surface area contributed by atoms with E-state index < -0.39 is 11.7 Å². The molecule has 0 atom stereocenters. The number of anilines is 1. The van der Waals surface area contributed by atoms with Crippen LogP contribution in [0.4, 0.5) is 10.6 Å². The Bertz CT molecular complexity index is 307. The van der Waals surface area contributed by atoms with Crippen LogP contribution in [0.2, 0.25) is 0 Å². The molecule has 0 radical (unpaired) electrons. The zero-order chi connectivity index (χ0) is 10.6. The number of amides is 1. The Morgan fingerprint density at radius 2 is 2.21 bits per heavy atom. The minimum absolute atomic E-state index is 0.314. The normalized spacial score (nSPS) is 10.8. The van der Waals surface area contributed by atoms with Crippen LogP contribution in [0.15, 0.2) is 12.3 Å². The maximum atomic E-state index is 11.2. The Hall–Kier alpha value is -1.72. The Balaban J connectivity index is 2.50. The number of nitrogens with one attached hydrogen (secondary N) is 1. The van der Waals surface area contributed by atoms with E-state index in [9.17, 15) is 4.79 Å². The van der Waals surface area contributed by atoms with Gasteiger partial charge in [-0.3, -0.25) is 5.32 Å². The van der Waals surface area contributed by atoms with Gasteiger partial charge in [-0.1, -0.05) is 0 Å². The Labute approximate surface area is 81.7 Å². The first-order valence-corrected chi connectivity index (χ1v) is 4.12. The largest absolute Gasteiger partial charge is 0.444 e. The second kappa shape index (κ2) is 3.99. The molecule has 1 aromatic rings. The molecule has 0 saturated heterocycles. The first-order valence-electron chi connectivity index (χ1n) is 4.12. The Morgan fingerprint density at radius 1 is 1.50 bits per heavy atom. The highest BCUT2D eigenvalue weighted by molar-refractivity contribution is 5.83. The van der Waals surface area contributed by atoms with Gasteiger partial charge in [0.1, 0.15) is 5.60 Å². The number of hydrogen-bond donors (Lipinski definition) is 1. The molecule has 6 nitrogen and oxygen atoms in total. The smallest absolute Gasteiger partial charge is 0.413 e. The van der Waals surface area contributed by atoms with Gasteiger partial charge in [0.05, 0.1) is 6.20 Å². The van der Waals surface area contributed by atoms with Crippen molar-refractivity contribution in [3.63, 3.8) is 0 Å². The third kappa shape index (κ3) is 3.79. The predicted molar refractivity (Wildman–Crippen MR) is 49.7 cm³/mol. The van der Waals surface area contributed by atoms with Crippen LogP contribution in [0.1, 0.15) is 20.8 Å². The fraction of sp³-hybridized carbons (Fsp3) is 0.500. The average molecular weight is 196 g/mol. The zero-order valence-corrected chi connectivity index (χ0v) is 8.31. The molecule has 0 saturated carbocycles. The van der Waals surface area contributed by atoms with E-state index in [1.54, 1.807) is 20.8 Å². The van der Waals surface area contributed by atoms with Crippen LogP contribution < -0.4 is 5.32 Å². The molecule has 0 aliphatic heterocycles. The molecule has 1 amide bonds. The summed E-state index contributed by atoms with van der Waals surface area (Å²) in [6.07, 6.45) is 0.873. The molecular weight excluding hydrogens is 184 g/mol. The van der Waals surface area contributed by atoms with Gasteiger partial charge in [-0.15, -0.1) is 10.2 Å². The standard InChI is InChI=1S/C8H12N4O2/c1-8(2,3)14-7(13)10-6-4-5-9-12-11-6/h4-5H,1-3H3,(H,9,10,11,13). The molecule has 0 aliphatic rings. The van der Waals surface area contributed by atoms with Crippen molar-refractivity contribution in [1.82, 2.24) is 15.4 Å². The number of carbonyl (C=O) groups excluding carboxylic acids is 1. The van der Waals surface area contributed by atoms with Gasteiger partial charge in [0.2, 0.25) is 0 Å². The van der Waals surface area contributed by atoms with E-state index in [0.717, 1.165) is 0 Å². The van der Waals surface area contributed by atoms with Crippen LogP contribution in [-0.4, -0.2) is 27.1 Å². The average Bonchev–Trinajstić information content (AvgIpc) is 2.02. The lowest BCUT2D eigenvalue weighted by molar-refractivity contribution is 0.0635. The fourth-order valence-electron chi connectivity index (χ4n) is 0.716. The number of hydrogen-bond acceptors (Lipinski definition) is 5. The first kappa shape index (κ1) is 10.4. The van der Waals surface area contributed by atoms with E-state index in [2.05, 4.69) is 20.7 Å². The van der Waals surface area contributed by atoms with Crippen LogP contribution in [0.5, 0.6) is 0 Å². The molecule has 1 aromatic heterocycles. The second-order valence-corrected chi connectivity index (χ2v) is 3.63. The quantitative estimate of drug-likeness (QED) is 0.730. The van der Waals surface area contributed by atoms with Gasteiger partial charge in [-0.25, -0.2) is 4.79 Å². The number of aromatic nitrogens is 3. The van der Waals surface area contributed by atoms with E-state index in [-0.39, 0.29) is 0 Å². The molecule has 0 bridgehead atoms. The number of ether oxygens (including phenoxy) is 1. The summed E-state index contributed by atoms with van der Waals surface area (Å²) in [5.74, 6) is 0.314. The van der Waals surface area contributed by atoms with Crippen LogP contribution in [0, 0.1) is 0 Å². The maximum Gasteiger partial charge on any atom is 0.413 e. The molecule has 0 unspecified atom stereocenters. The van der Waals surface area contributed by atoms with Gasteiger partial charge in [0.25, 0.3) is 0 Å². The topological polar surface area (TPSA) is 77.0 Å². The van der Waals surface area contributed by atoms with Gasteiger partial charge in [0, 0.05) is 6.07 Å². The fourth-order valence-corrected chi connectivity index (χ4v) is 0.716. The molecule has 0 fully saturated rings. The Kier molecular flexibility index (Phi) is 2.95. The van der Waals surface area contributed by atoms with E-state index in [4.69, 9.17) is 4.74 Å². The summed E-state index contributed by atoms with van der Waals surface area (Å²) in [6.45, 7) is 5.35. The summed E-state index contributed by atoms with van der Waals surface area (Å²) in [7, 11) is 0. The summed E-state index contributed by atoms with van der Waals surface area (Å²) in [5, 5.41) is 12.8. The summed E-state index contributed by atoms with van der Waals surface area (Å²) < 4.78 is 5.00. The van der Waals surface area contributed by atoms with Gasteiger partial charge >= 0.3 is 6.09 Å². The van der Waals surface area contributed by atoms with Crippen molar-refractivity contribution in [3.05, 3.63) is 12.3 Å². The highest BCUT2D eigenvalue weighted by atomic mass is 16.6. The van der Waals surface area contributed by atoms with Crippen molar-refractivity contribution in [2.24, 2.45) is 0 Å². The number of carbonyl (C=O) groups is 1. The van der Waals surface area contributed by atoms with Crippen molar-refractivity contribution < 1.29 is 9.53 Å². The highest BCUT2D eigenvalue weighted by Gasteiger charge is 2.16. The van der Waals surface area contributed by atoms with Crippen LogP contribution >= 0.6 is 0 Å². The van der Waals surface area contributed by atoms with Crippen LogP contribution in [-0.2, 0) is 4.74 Å². The van der Waals surface area contributed by atoms with Crippen molar-refractivity contribution in [1.29, 1.82) is 0 Å². The predicted octanol–water partition coefficient (Wildman–Crippen LogP) is 1.22. The number of rotatable bonds is 1. The van der Waals surface area contributed by atoms with Gasteiger partial charge in [-0.05, 0) is 26.0 Å². The summed E-state index contributed by atoms with van der Waals surface area (Å²) in [6, 6.07) is 1.52. The van der Waals surface area contributed by atoms with Crippen molar-refractivity contribution in [2.75, 3.05) is 5.32 Å².